The van der Waals surface area contributed by atoms with Gasteiger partial charge in [-0.15, -0.1) is 23.7 Å². The van der Waals surface area contributed by atoms with Gasteiger partial charge in [-0.1, -0.05) is 18.6 Å². The number of ether oxygens (including phenoxy) is 3. The molecule has 1 aliphatic heterocycles. The average Bonchev–Trinajstić information content (AvgIpc) is 3.24. The van der Waals surface area contributed by atoms with Gasteiger partial charge in [0.1, 0.15) is 18.1 Å². The maximum absolute atomic E-state index is 14.4. The third-order valence-corrected chi connectivity index (χ3v) is 7.33. The molecule has 3 aromatic carbocycles. The normalized spacial score (nSPS) is 13.9. The monoisotopic (exact) mass is 513 g/mol. The smallest absolute Gasteiger partial charge is 0.165 e. The number of halogens is 2. The third-order valence-electron chi connectivity index (χ3n) is 6.13. The van der Waals surface area contributed by atoms with Crippen LogP contribution in [0.1, 0.15) is 19.3 Å². The fourth-order valence-corrected chi connectivity index (χ4v) is 5.44. The Hall–Kier alpha value is -2.80. The number of fused-ring (bicyclic) bond motifs is 1. The molecule has 7 heteroatoms. The highest BCUT2D eigenvalue weighted by Crippen LogP contribution is 2.46. The van der Waals surface area contributed by atoms with Crippen molar-refractivity contribution in [2.75, 3.05) is 33.4 Å². The van der Waals surface area contributed by atoms with Gasteiger partial charge in [0, 0.05) is 16.6 Å². The second-order valence-corrected chi connectivity index (χ2v) is 9.48. The zero-order valence-corrected chi connectivity index (χ0v) is 21.3. The van der Waals surface area contributed by atoms with Gasteiger partial charge in [-0.2, -0.15) is 0 Å². The summed E-state index contributed by atoms with van der Waals surface area (Å²) in [4.78, 5) is 3.34. The Morgan fingerprint density at radius 2 is 1.66 bits per heavy atom. The zero-order chi connectivity index (χ0) is 23.3. The molecule has 4 nitrogen and oxygen atoms in total. The van der Waals surface area contributed by atoms with Crippen molar-refractivity contribution < 1.29 is 18.6 Å². The van der Waals surface area contributed by atoms with Crippen molar-refractivity contribution in [1.82, 2.24) is 4.90 Å². The molecule has 0 atom stereocenters. The summed E-state index contributed by atoms with van der Waals surface area (Å²) in [5.74, 6) is 2.10. The second kappa shape index (κ2) is 11.8. The van der Waals surface area contributed by atoms with Gasteiger partial charge >= 0.3 is 0 Å². The van der Waals surface area contributed by atoms with Crippen molar-refractivity contribution in [2.24, 2.45) is 0 Å². The van der Waals surface area contributed by atoms with E-state index in [1.807, 2.05) is 48.5 Å². The first kappa shape index (κ1) is 25.3. The van der Waals surface area contributed by atoms with E-state index in [4.69, 9.17) is 14.2 Å². The summed E-state index contributed by atoms with van der Waals surface area (Å²) in [7, 11) is 1.47. The molecule has 35 heavy (non-hydrogen) atoms. The highest BCUT2D eigenvalue weighted by atomic mass is 35.5. The number of benzene rings is 3. The molecule has 0 saturated carbocycles. The maximum Gasteiger partial charge on any atom is 0.165 e. The van der Waals surface area contributed by atoms with E-state index in [0.717, 1.165) is 38.6 Å². The SMILES string of the molecule is COc1ccc(-c2sc3ccccc3c2Oc2ccc(OCCN3CCCCC3)cc2)cc1F.Cl. The molecule has 1 saturated heterocycles. The van der Waals surface area contributed by atoms with Crippen LogP contribution in [0, 0.1) is 5.82 Å². The Morgan fingerprint density at radius 1 is 0.914 bits per heavy atom. The van der Waals surface area contributed by atoms with Crippen LogP contribution in [0.5, 0.6) is 23.0 Å². The van der Waals surface area contributed by atoms with Gasteiger partial charge in [-0.3, -0.25) is 4.90 Å². The molecule has 0 radical (unpaired) electrons. The van der Waals surface area contributed by atoms with E-state index >= 15 is 0 Å². The summed E-state index contributed by atoms with van der Waals surface area (Å²) < 4.78 is 32.9. The largest absolute Gasteiger partial charge is 0.494 e. The van der Waals surface area contributed by atoms with Crippen LogP contribution in [0.15, 0.2) is 66.7 Å². The molecule has 4 aromatic rings. The first-order valence-electron chi connectivity index (χ1n) is 11.7. The van der Waals surface area contributed by atoms with E-state index in [-0.39, 0.29) is 18.2 Å². The minimum absolute atomic E-state index is 0. The molecule has 0 aliphatic carbocycles. The number of likely N-dealkylation sites (tertiary alicyclic amines) is 1. The fraction of sp³-hybridized carbons (Fsp3) is 0.286. The third kappa shape index (κ3) is 5.89. The number of thiophene rings is 1. The summed E-state index contributed by atoms with van der Waals surface area (Å²) in [6.45, 7) is 3.99. The summed E-state index contributed by atoms with van der Waals surface area (Å²) in [6, 6.07) is 20.8. The van der Waals surface area contributed by atoms with Gasteiger partial charge in [-0.25, -0.2) is 4.39 Å². The summed E-state index contributed by atoms with van der Waals surface area (Å²) >= 11 is 1.58. The van der Waals surface area contributed by atoms with Crippen molar-refractivity contribution in [3.05, 3.63) is 72.5 Å². The van der Waals surface area contributed by atoms with Gasteiger partial charge in [0.2, 0.25) is 0 Å². The number of hydrogen-bond donors (Lipinski definition) is 0. The molecule has 5 rings (SSSR count). The van der Waals surface area contributed by atoms with Gasteiger partial charge in [0.05, 0.1) is 12.0 Å². The van der Waals surface area contributed by atoms with E-state index in [9.17, 15) is 4.39 Å². The lowest BCUT2D eigenvalue weighted by Gasteiger charge is -2.26. The van der Waals surface area contributed by atoms with E-state index in [0.29, 0.717) is 12.4 Å². The number of methoxy groups -OCH3 is 1. The molecule has 0 N–H and O–H groups in total. The first-order chi connectivity index (χ1) is 16.7. The highest BCUT2D eigenvalue weighted by Gasteiger charge is 2.18. The predicted octanol–water partition coefficient (Wildman–Crippen LogP) is 7.79. The molecule has 0 spiro atoms. The van der Waals surface area contributed by atoms with E-state index in [1.54, 1.807) is 17.4 Å². The fourth-order valence-electron chi connectivity index (χ4n) is 4.32. The molecule has 1 fully saturated rings. The van der Waals surface area contributed by atoms with Crippen LogP contribution in [0.4, 0.5) is 4.39 Å². The maximum atomic E-state index is 14.4. The van der Waals surface area contributed by atoms with Crippen LogP contribution in [-0.2, 0) is 0 Å². The zero-order valence-electron chi connectivity index (χ0n) is 19.7. The summed E-state index contributed by atoms with van der Waals surface area (Å²) in [6.07, 6.45) is 3.91. The Kier molecular flexibility index (Phi) is 8.50. The summed E-state index contributed by atoms with van der Waals surface area (Å²) in [5.41, 5.74) is 0.757. The second-order valence-electron chi connectivity index (χ2n) is 8.43. The molecular formula is C28H29ClFNO3S. The van der Waals surface area contributed by atoms with Gasteiger partial charge in [0.15, 0.2) is 17.3 Å². The van der Waals surface area contributed by atoms with Crippen LogP contribution in [0.3, 0.4) is 0 Å². The number of hydrogen-bond acceptors (Lipinski definition) is 5. The quantitative estimate of drug-likeness (QED) is 0.240. The molecular weight excluding hydrogens is 485 g/mol. The van der Waals surface area contributed by atoms with Crippen molar-refractivity contribution in [1.29, 1.82) is 0 Å². The highest BCUT2D eigenvalue weighted by molar-refractivity contribution is 7.22. The molecule has 184 valence electrons. The number of piperidine rings is 1. The molecule has 1 aliphatic rings. The van der Waals surface area contributed by atoms with Gasteiger partial charge < -0.3 is 14.2 Å². The number of rotatable bonds is 8. The van der Waals surface area contributed by atoms with E-state index in [1.165, 1.54) is 45.5 Å². The van der Waals surface area contributed by atoms with Crippen molar-refractivity contribution in [3.8, 4) is 33.4 Å². The molecule has 0 amide bonds. The lowest BCUT2D eigenvalue weighted by molar-refractivity contribution is 0.183. The van der Waals surface area contributed by atoms with Crippen molar-refractivity contribution >= 4 is 33.8 Å². The lowest BCUT2D eigenvalue weighted by atomic mass is 10.1. The number of nitrogens with zero attached hydrogens (tertiary/aromatic N) is 1. The molecule has 1 aromatic heterocycles. The average molecular weight is 514 g/mol. The Balaban J connectivity index is 0.00000289. The molecule has 0 unspecified atom stereocenters. The Morgan fingerprint density at radius 3 is 2.40 bits per heavy atom. The molecule has 2 heterocycles. The summed E-state index contributed by atoms with van der Waals surface area (Å²) in [5, 5.41) is 1.00. The minimum Gasteiger partial charge on any atom is -0.494 e. The van der Waals surface area contributed by atoms with Gasteiger partial charge in [0.25, 0.3) is 0 Å². The Labute approximate surface area is 215 Å². The standard InChI is InChI=1S/C28H28FNO3S.ClH/c1-31-25-14-9-20(19-24(25)29)28-27(23-7-3-4-8-26(23)34-28)33-22-12-10-21(11-13-22)32-18-17-30-15-5-2-6-16-30;/h3-4,7-14,19H,2,5-6,15-18H2,1H3;1H. The van der Waals surface area contributed by atoms with Crippen LogP contribution in [-0.4, -0.2) is 38.3 Å². The van der Waals surface area contributed by atoms with E-state index < -0.39 is 5.82 Å². The van der Waals surface area contributed by atoms with Crippen LogP contribution in [0.25, 0.3) is 20.5 Å². The topological polar surface area (TPSA) is 30.9 Å². The first-order valence-corrected chi connectivity index (χ1v) is 12.5. The van der Waals surface area contributed by atoms with Gasteiger partial charge in [-0.05, 0) is 86.1 Å². The lowest BCUT2D eigenvalue weighted by Crippen LogP contribution is -2.33. The van der Waals surface area contributed by atoms with Crippen LogP contribution >= 0.6 is 23.7 Å². The van der Waals surface area contributed by atoms with Crippen LogP contribution < -0.4 is 14.2 Å². The molecule has 0 bridgehead atoms. The predicted molar refractivity (Wildman–Crippen MR) is 143 cm³/mol. The van der Waals surface area contributed by atoms with E-state index in [2.05, 4.69) is 11.0 Å². The van der Waals surface area contributed by atoms with Crippen molar-refractivity contribution in [2.45, 2.75) is 19.3 Å². The van der Waals surface area contributed by atoms with Crippen LogP contribution in [0.2, 0.25) is 0 Å². The van der Waals surface area contributed by atoms with Crippen molar-refractivity contribution in [3.63, 3.8) is 0 Å². The minimum atomic E-state index is -0.394. The Bertz CT molecular complexity index is 1260.